The Labute approximate surface area is 133 Å². The van der Waals surface area contributed by atoms with Gasteiger partial charge in [-0.3, -0.25) is 4.79 Å². The number of likely N-dealkylation sites (N-methyl/N-ethyl adjacent to an activating group) is 1. The van der Waals surface area contributed by atoms with Crippen LogP contribution in [0.25, 0.3) is 0 Å². The van der Waals surface area contributed by atoms with Crippen LogP contribution in [0.4, 0.5) is 0 Å². The molecule has 2 aromatic rings. The first-order valence-corrected chi connectivity index (χ1v) is 7.16. The molecule has 0 saturated heterocycles. The van der Waals surface area contributed by atoms with Crippen LogP contribution in [0.1, 0.15) is 5.76 Å². The van der Waals surface area contributed by atoms with E-state index in [9.17, 15) is 4.79 Å². The van der Waals surface area contributed by atoms with Crippen molar-refractivity contribution < 1.29 is 13.9 Å². The van der Waals surface area contributed by atoms with Crippen molar-refractivity contribution >= 4 is 29.1 Å². The molecule has 0 saturated carbocycles. The number of hydrogen-bond acceptors (Lipinski definition) is 3. The molecule has 21 heavy (non-hydrogen) atoms. The monoisotopic (exact) mass is 327 g/mol. The van der Waals surface area contributed by atoms with Crippen molar-refractivity contribution in [3.05, 3.63) is 52.4 Å². The number of rotatable bonds is 6. The van der Waals surface area contributed by atoms with E-state index in [1.165, 1.54) is 0 Å². The van der Waals surface area contributed by atoms with E-state index in [1.54, 1.807) is 36.4 Å². The summed E-state index contributed by atoms with van der Waals surface area (Å²) in [7, 11) is 1.72. The Bertz CT molecular complexity index is 599. The average Bonchev–Trinajstić information content (AvgIpc) is 2.96. The van der Waals surface area contributed by atoms with E-state index in [2.05, 4.69) is 0 Å². The van der Waals surface area contributed by atoms with Gasteiger partial charge in [0.1, 0.15) is 11.5 Å². The van der Waals surface area contributed by atoms with Gasteiger partial charge in [0, 0.05) is 25.0 Å². The summed E-state index contributed by atoms with van der Waals surface area (Å²) in [6.07, 6.45) is 2.28. The third-order valence-electron chi connectivity index (χ3n) is 2.94. The molecule has 4 nitrogen and oxygen atoms in total. The van der Waals surface area contributed by atoms with Gasteiger partial charge in [-0.25, -0.2) is 0 Å². The van der Waals surface area contributed by atoms with Crippen molar-refractivity contribution in [3.8, 4) is 5.75 Å². The summed E-state index contributed by atoms with van der Waals surface area (Å²) in [6.45, 7) is 0.486. The molecule has 0 fully saturated rings. The van der Waals surface area contributed by atoms with E-state index in [-0.39, 0.29) is 12.5 Å². The van der Waals surface area contributed by atoms with Gasteiger partial charge in [0.2, 0.25) is 0 Å². The molecule has 0 N–H and O–H groups in total. The highest BCUT2D eigenvalue weighted by molar-refractivity contribution is 6.35. The van der Waals surface area contributed by atoms with E-state index in [4.69, 9.17) is 32.4 Å². The summed E-state index contributed by atoms with van der Waals surface area (Å²) in [5, 5.41) is 0.905. The topological polar surface area (TPSA) is 42.7 Å². The predicted octanol–water partition coefficient (Wildman–Crippen LogP) is 3.67. The van der Waals surface area contributed by atoms with Gasteiger partial charge < -0.3 is 14.1 Å². The molecule has 0 aliphatic heterocycles. The summed E-state index contributed by atoms with van der Waals surface area (Å²) in [5.41, 5.74) is 0. The lowest BCUT2D eigenvalue weighted by Crippen LogP contribution is -2.33. The first kappa shape index (κ1) is 15.7. The molecule has 112 valence electrons. The SMILES string of the molecule is CN(CCc1ccco1)C(=O)COc1ccc(Cl)cc1Cl. The lowest BCUT2D eigenvalue weighted by Gasteiger charge is -2.17. The fourth-order valence-corrected chi connectivity index (χ4v) is 2.16. The molecule has 0 bridgehead atoms. The van der Waals surface area contributed by atoms with Crippen LogP contribution in [0.3, 0.4) is 0 Å². The summed E-state index contributed by atoms with van der Waals surface area (Å²) < 4.78 is 10.6. The minimum atomic E-state index is -0.132. The standard InChI is InChI=1S/C15H15Cl2NO3/c1-18(7-6-12-3-2-8-20-12)15(19)10-21-14-5-4-11(16)9-13(14)17/h2-5,8-9H,6-7,10H2,1H3. The maximum Gasteiger partial charge on any atom is 0.260 e. The third kappa shape index (κ3) is 4.69. The van der Waals surface area contributed by atoms with Crippen LogP contribution in [-0.4, -0.2) is 31.0 Å². The maximum atomic E-state index is 12.0. The number of ether oxygens (including phenoxy) is 1. The molecule has 0 aliphatic rings. The van der Waals surface area contributed by atoms with Crippen LogP contribution in [0.2, 0.25) is 10.0 Å². The van der Waals surface area contributed by atoms with E-state index in [1.807, 2.05) is 12.1 Å². The smallest absolute Gasteiger partial charge is 0.260 e. The summed E-state index contributed by atoms with van der Waals surface area (Å²) in [5.74, 6) is 1.15. The van der Waals surface area contributed by atoms with Crippen molar-refractivity contribution in [1.82, 2.24) is 4.90 Å². The highest BCUT2D eigenvalue weighted by Gasteiger charge is 2.11. The predicted molar refractivity (Wildman–Crippen MR) is 82.0 cm³/mol. The quantitative estimate of drug-likeness (QED) is 0.813. The Hall–Kier alpha value is -1.65. The third-order valence-corrected chi connectivity index (χ3v) is 3.48. The van der Waals surface area contributed by atoms with Crippen LogP contribution in [-0.2, 0) is 11.2 Å². The number of hydrogen-bond donors (Lipinski definition) is 0. The molecule has 0 radical (unpaired) electrons. The van der Waals surface area contributed by atoms with Crippen LogP contribution in [0.15, 0.2) is 41.0 Å². The van der Waals surface area contributed by atoms with Crippen LogP contribution >= 0.6 is 23.2 Å². The molecule has 0 unspecified atom stereocenters. The molecule has 1 amide bonds. The van der Waals surface area contributed by atoms with Crippen molar-refractivity contribution in [2.45, 2.75) is 6.42 Å². The molecule has 1 aromatic heterocycles. The number of nitrogens with zero attached hydrogens (tertiary/aromatic N) is 1. The van der Waals surface area contributed by atoms with Crippen molar-refractivity contribution in [3.63, 3.8) is 0 Å². The molecule has 6 heteroatoms. The zero-order chi connectivity index (χ0) is 15.2. The second kappa shape index (κ2) is 7.38. The van der Waals surface area contributed by atoms with E-state index < -0.39 is 0 Å². The lowest BCUT2D eigenvalue weighted by molar-refractivity contribution is -0.132. The van der Waals surface area contributed by atoms with Gasteiger partial charge in [-0.05, 0) is 30.3 Å². The highest BCUT2D eigenvalue weighted by Crippen LogP contribution is 2.27. The Morgan fingerprint density at radius 3 is 2.81 bits per heavy atom. The normalized spacial score (nSPS) is 10.4. The number of amides is 1. The fraction of sp³-hybridized carbons (Fsp3) is 0.267. The number of carbonyl (C=O) groups is 1. The maximum absolute atomic E-state index is 12.0. The van der Waals surface area contributed by atoms with Gasteiger partial charge in [0.05, 0.1) is 11.3 Å². The Balaban J connectivity index is 1.80. The fourth-order valence-electron chi connectivity index (χ4n) is 1.70. The molecule has 0 spiro atoms. The summed E-state index contributed by atoms with van der Waals surface area (Å²) in [4.78, 5) is 13.5. The lowest BCUT2D eigenvalue weighted by atomic mass is 10.3. The molecular formula is C15H15Cl2NO3. The van der Waals surface area contributed by atoms with Crippen molar-refractivity contribution in [1.29, 1.82) is 0 Å². The zero-order valence-corrected chi connectivity index (χ0v) is 13.0. The van der Waals surface area contributed by atoms with E-state index in [0.29, 0.717) is 28.8 Å². The minimum Gasteiger partial charge on any atom is -0.482 e. The van der Waals surface area contributed by atoms with E-state index in [0.717, 1.165) is 5.76 Å². The number of halogens is 2. The van der Waals surface area contributed by atoms with Gasteiger partial charge in [-0.1, -0.05) is 23.2 Å². The summed E-state index contributed by atoms with van der Waals surface area (Å²) in [6, 6.07) is 8.57. The molecule has 1 heterocycles. The van der Waals surface area contributed by atoms with Gasteiger partial charge >= 0.3 is 0 Å². The zero-order valence-electron chi connectivity index (χ0n) is 11.5. The van der Waals surface area contributed by atoms with Gasteiger partial charge in [0.25, 0.3) is 5.91 Å². The largest absolute Gasteiger partial charge is 0.482 e. The second-order valence-corrected chi connectivity index (χ2v) is 5.35. The number of furan rings is 1. The first-order valence-electron chi connectivity index (χ1n) is 6.40. The Morgan fingerprint density at radius 1 is 1.33 bits per heavy atom. The number of carbonyl (C=O) groups excluding carboxylic acids is 1. The second-order valence-electron chi connectivity index (χ2n) is 4.51. The van der Waals surface area contributed by atoms with Gasteiger partial charge in [-0.15, -0.1) is 0 Å². The van der Waals surface area contributed by atoms with Crippen LogP contribution < -0.4 is 4.74 Å². The molecule has 0 atom stereocenters. The molecule has 0 aliphatic carbocycles. The Morgan fingerprint density at radius 2 is 2.14 bits per heavy atom. The van der Waals surface area contributed by atoms with Gasteiger partial charge in [-0.2, -0.15) is 0 Å². The molecular weight excluding hydrogens is 313 g/mol. The van der Waals surface area contributed by atoms with Gasteiger partial charge in [0.15, 0.2) is 6.61 Å². The average molecular weight is 328 g/mol. The highest BCUT2D eigenvalue weighted by atomic mass is 35.5. The summed E-state index contributed by atoms with van der Waals surface area (Å²) >= 11 is 11.8. The minimum absolute atomic E-state index is 0.0734. The molecule has 1 aromatic carbocycles. The van der Waals surface area contributed by atoms with Crippen LogP contribution in [0.5, 0.6) is 5.75 Å². The van der Waals surface area contributed by atoms with Crippen molar-refractivity contribution in [2.75, 3.05) is 20.2 Å². The van der Waals surface area contributed by atoms with E-state index >= 15 is 0 Å². The van der Waals surface area contributed by atoms with Crippen LogP contribution in [0, 0.1) is 0 Å². The molecule has 2 rings (SSSR count). The van der Waals surface area contributed by atoms with Crippen molar-refractivity contribution in [2.24, 2.45) is 0 Å². The first-order chi connectivity index (χ1) is 10.1. The Kier molecular flexibility index (Phi) is 5.53. The number of benzene rings is 1.